The van der Waals surface area contributed by atoms with E-state index in [-0.39, 0.29) is 17.0 Å². The van der Waals surface area contributed by atoms with Crippen LogP contribution in [0.3, 0.4) is 0 Å². The van der Waals surface area contributed by atoms with E-state index < -0.39 is 11.6 Å². The van der Waals surface area contributed by atoms with Crippen LogP contribution >= 0.6 is 0 Å². The number of hydrogen-bond acceptors (Lipinski definition) is 1. The molecule has 0 bridgehead atoms. The number of carbonyl (C=O) groups is 1. The molecular weight excluding hydrogens is 260 g/mol. The summed E-state index contributed by atoms with van der Waals surface area (Å²) in [5.74, 6) is -1.46. The van der Waals surface area contributed by atoms with Crippen molar-refractivity contribution in [3.8, 4) is 0 Å². The van der Waals surface area contributed by atoms with E-state index in [0.29, 0.717) is 6.42 Å². The maximum atomic E-state index is 13.4. The van der Waals surface area contributed by atoms with Crippen LogP contribution in [0.5, 0.6) is 0 Å². The zero-order valence-electron chi connectivity index (χ0n) is 12.4. The van der Waals surface area contributed by atoms with Crippen LogP contribution in [-0.2, 0) is 4.79 Å². The molecule has 1 amide bonds. The third-order valence-corrected chi connectivity index (χ3v) is 3.87. The summed E-state index contributed by atoms with van der Waals surface area (Å²) in [6.07, 6.45) is 4.21. The van der Waals surface area contributed by atoms with Crippen LogP contribution in [0.15, 0.2) is 18.2 Å². The van der Waals surface area contributed by atoms with Gasteiger partial charge in [0.1, 0.15) is 11.6 Å². The lowest BCUT2D eigenvalue weighted by molar-refractivity contribution is -0.116. The van der Waals surface area contributed by atoms with Crippen LogP contribution in [-0.4, -0.2) is 5.91 Å². The van der Waals surface area contributed by atoms with Crippen LogP contribution in [0.25, 0.3) is 0 Å². The van der Waals surface area contributed by atoms with Crippen LogP contribution in [0, 0.1) is 17.0 Å². The quantitative estimate of drug-likeness (QED) is 0.757. The molecule has 0 aliphatic rings. The van der Waals surface area contributed by atoms with Crippen molar-refractivity contribution in [2.75, 3.05) is 5.32 Å². The first-order chi connectivity index (χ1) is 9.40. The van der Waals surface area contributed by atoms with Crippen molar-refractivity contribution in [3.05, 3.63) is 29.8 Å². The van der Waals surface area contributed by atoms with E-state index in [0.717, 1.165) is 43.9 Å². The SMILES string of the molecule is CCCC(C)(CC)CCC(=O)Nc1cc(F)ccc1F. The maximum Gasteiger partial charge on any atom is 0.224 e. The fraction of sp³-hybridized carbons (Fsp3) is 0.562. The second kappa shape index (κ2) is 7.36. The Morgan fingerprint density at radius 1 is 1.25 bits per heavy atom. The summed E-state index contributed by atoms with van der Waals surface area (Å²) in [4.78, 5) is 11.8. The largest absolute Gasteiger partial charge is 0.324 e. The van der Waals surface area contributed by atoms with Gasteiger partial charge in [-0.3, -0.25) is 4.79 Å². The van der Waals surface area contributed by atoms with Crippen molar-refractivity contribution >= 4 is 11.6 Å². The first kappa shape index (κ1) is 16.6. The fourth-order valence-corrected chi connectivity index (χ4v) is 2.30. The van der Waals surface area contributed by atoms with Crippen LogP contribution in [0.2, 0.25) is 0 Å². The summed E-state index contributed by atoms with van der Waals surface area (Å²) < 4.78 is 26.4. The Hall–Kier alpha value is -1.45. The Balaban J connectivity index is 2.57. The minimum atomic E-state index is -0.619. The van der Waals surface area contributed by atoms with Crippen molar-refractivity contribution in [2.24, 2.45) is 5.41 Å². The Kier molecular flexibility index (Phi) is 6.11. The molecule has 0 heterocycles. The van der Waals surface area contributed by atoms with E-state index in [1.807, 2.05) is 0 Å². The smallest absolute Gasteiger partial charge is 0.224 e. The Labute approximate surface area is 119 Å². The van der Waals surface area contributed by atoms with Crippen LogP contribution < -0.4 is 5.32 Å². The highest BCUT2D eigenvalue weighted by Gasteiger charge is 2.22. The van der Waals surface area contributed by atoms with Gasteiger partial charge in [0.05, 0.1) is 5.69 Å². The van der Waals surface area contributed by atoms with Gasteiger partial charge in [0.2, 0.25) is 5.91 Å². The predicted octanol–water partition coefficient (Wildman–Crippen LogP) is 4.90. The zero-order chi connectivity index (χ0) is 15.2. The number of hydrogen-bond donors (Lipinski definition) is 1. The lowest BCUT2D eigenvalue weighted by Crippen LogP contribution is -2.20. The minimum Gasteiger partial charge on any atom is -0.324 e. The van der Waals surface area contributed by atoms with Gasteiger partial charge in [-0.15, -0.1) is 0 Å². The van der Waals surface area contributed by atoms with Crippen LogP contribution in [0.4, 0.5) is 14.5 Å². The molecule has 0 saturated heterocycles. The highest BCUT2D eigenvalue weighted by Crippen LogP contribution is 2.32. The van der Waals surface area contributed by atoms with Gasteiger partial charge >= 0.3 is 0 Å². The lowest BCUT2D eigenvalue weighted by Gasteiger charge is -2.27. The average molecular weight is 283 g/mol. The topological polar surface area (TPSA) is 29.1 Å². The molecule has 0 saturated carbocycles. The highest BCUT2D eigenvalue weighted by molar-refractivity contribution is 5.90. The maximum absolute atomic E-state index is 13.4. The van der Waals surface area contributed by atoms with Gasteiger partial charge in [-0.25, -0.2) is 8.78 Å². The van der Waals surface area contributed by atoms with Crippen molar-refractivity contribution in [2.45, 2.75) is 52.9 Å². The number of rotatable bonds is 7. The Morgan fingerprint density at radius 2 is 1.95 bits per heavy atom. The van der Waals surface area contributed by atoms with Gasteiger partial charge in [-0.1, -0.05) is 33.6 Å². The minimum absolute atomic E-state index is 0.0938. The molecule has 112 valence electrons. The van der Waals surface area contributed by atoms with Crippen molar-refractivity contribution < 1.29 is 13.6 Å². The third-order valence-electron chi connectivity index (χ3n) is 3.87. The molecule has 20 heavy (non-hydrogen) atoms. The summed E-state index contributed by atoms with van der Waals surface area (Å²) in [5, 5.41) is 2.44. The van der Waals surface area contributed by atoms with Gasteiger partial charge in [0, 0.05) is 12.5 Å². The number of anilines is 1. The van der Waals surface area contributed by atoms with Gasteiger partial charge in [-0.05, 0) is 30.4 Å². The number of carbonyl (C=O) groups excluding carboxylic acids is 1. The molecular formula is C16H23F2NO. The van der Waals surface area contributed by atoms with Crippen molar-refractivity contribution in [1.29, 1.82) is 0 Å². The molecule has 4 heteroatoms. The molecule has 0 aliphatic heterocycles. The van der Waals surface area contributed by atoms with Crippen molar-refractivity contribution in [3.63, 3.8) is 0 Å². The molecule has 0 aromatic heterocycles. The number of halogens is 2. The molecule has 0 radical (unpaired) electrons. The average Bonchev–Trinajstić information content (AvgIpc) is 2.41. The first-order valence-corrected chi connectivity index (χ1v) is 7.15. The highest BCUT2D eigenvalue weighted by atomic mass is 19.1. The summed E-state index contributed by atoms with van der Waals surface area (Å²) in [6, 6.07) is 3.04. The van der Waals surface area contributed by atoms with Gasteiger partial charge in [-0.2, -0.15) is 0 Å². The number of benzene rings is 1. The normalized spacial score (nSPS) is 13.8. The van der Waals surface area contributed by atoms with E-state index in [2.05, 4.69) is 26.1 Å². The summed E-state index contributed by atoms with van der Waals surface area (Å²) in [5.41, 5.74) is 0.0377. The standard InChI is InChI=1S/C16H23F2NO/c1-4-9-16(3,5-2)10-8-15(20)19-14-11-12(17)6-7-13(14)18/h6-7,11H,4-5,8-10H2,1-3H3,(H,19,20). The summed E-state index contributed by atoms with van der Waals surface area (Å²) >= 11 is 0. The molecule has 1 aromatic rings. The molecule has 0 aliphatic carbocycles. The van der Waals surface area contributed by atoms with Crippen LogP contribution in [0.1, 0.15) is 52.9 Å². The second-order valence-corrected chi connectivity index (χ2v) is 5.59. The fourth-order valence-electron chi connectivity index (χ4n) is 2.30. The molecule has 0 fully saturated rings. The monoisotopic (exact) mass is 283 g/mol. The molecule has 1 rings (SSSR count). The van der Waals surface area contributed by atoms with Crippen molar-refractivity contribution in [1.82, 2.24) is 0 Å². The van der Waals surface area contributed by atoms with Gasteiger partial charge in [0.25, 0.3) is 0 Å². The summed E-state index contributed by atoms with van der Waals surface area (Å²) in [6.45, 7) is 6.39. The molecule has 1 unspecified atom stereocenters. The van der Waals surface area contributed by atoms with E-state index in [1.54, 1.807) is 0 Å². The van der Waals surface area contributed by atoms with E-state index in [9.17, 15) is 13.6 Å². The zero-order valence-corrected chi connectivity index (χ0v) is 12.4. The Bertz CT molecular complexity index is 462. The Morgan fingerprint density at radius 3 is 2.55 bits per heavy atom. The van der Waals surface area contributed by atoms with E-state index in [1.165, 1.54) is 0 Å². The molecule has 0 spiro atoms. The molecule has 1 atom stereocenters. The molecule has 1 aromatic carbocycles. The van der Waals surface area contributed by atoms with Gasteiger partial charge in [0.15, 0.2) is 0 Å². The first-order valence-electron chi connectivity index (χ1n) is 7.15. The molecule has 1 N–H and O–H groups in total. The predicted molar refractivity (Wildman–Crippen MR) is 77.5 cm³/mol. The van der Waals surface area contributed by atoms with Gasteiger partial charge < -0.3 is 5.32 Å². The summed E-state index contributed by atoms with van der Waals surface area (Å²) in [7, 11) is 0. The third kappa shape index (κ3) is 4.91. The number of nitrogens with one attached hydrogen (secondary N) is 1. The van der Waals surface area contributed by atoms with E-state index >= 15 is 0 Å². The number of amides is 1. The molecule has 2 nitrogen and oxygen atoms in total. The lowest BCUT2D eigenvalue weighted by atomic mass is 9.79. The van der Waals surface area contributed by atoms with E-state index in [4.69, 9.17) is 0 Å². The second-order valence-electron chi connectivity index (χ2n) is 5.59.